The van der Waals surface area contributed by atoms with E-state index in [4.69, 9.17) is 29.6 Å². The quantitative estimate of drug-likeness (QED) is 0.812. The van der Waals surface area contributed by atoms with Crippen LogP contribution in [-0.4, -0.2) is 31.5 Å². The molecule has 1 unspecified atom stereocenters. The van der Waals surface area contributed by atoms with Crippen LogP contribution in [0, 0.1) is 0 Å². The van der Waals surface area contributed by atoms with E-state index in [9.17, 15) is 8.42 Å². The lowest BCUT2D eigenvalue weighted by molar-refractivity contribution is 0.598. The molecule has 0 aliphatic rings. The van der Waals surface area contributed by atoms with Crippen LogP contribution in [0.2, 0.25) is 5.02 Å². The molecule has 0 spiro atoms. The lowest BCUT2D eigenvalue weighted by atomic mass is 10.1. The first-order valence-corrected chi connectivity index (χ1v) is 8.07. The number of hydrogen-bond acceptors (Lipinski definition) is 4. The molecule has 0 bridgehead atoms. The van der Waals surface area contributed by atoms with Crippen LogP contribution in [0.3, 0.4) is 0 Å². The molecule has 0 aromatic heterocycles. The summed E-state index contributed by atoms with van der Waals surface area (Å²) >= 11 is 10.8. The summed E-state index contributed by atoms with van der Waals surface area (Å²) < 4.78 is 22.4. The minimum atomic E-state index is -3.05. The van der Waals surface area contributed by atoms with Gasteiger partial charge in [0, 0.05) is 28.6 Å². The van der Waals surface area contributed by atoms with E-state index in [1.807, 2.05) is 0 Å². The highest BCUT2D eigenvalue weighted by Crippen LogP contribution is 2.22. The molecule has 0 fully saturated rings. The number of hydrogen-bond donors (Lipinski definition) is 2. The first-order valence-electron chi connectivity index (χ1n) is 5.22. The second kappa shape index (κ2) is 5.86. The summed E-state index contributed by atoms with van der Waals surface area (Å²) in [5, 5.41) is 3.59. The van der Waals surface area contributed by atoms with Crippen LogP contribution in [0.4, 0.5) is 5.69 Å². The fourth-order valence-corrected chi connectivity index (χ4v) is 2.95. The number of sulfone groups is 1. The number of nitrogens with two attached hydrogens (primary N) is 1. The maximum atomic E-state index is 11.2. The molecule has 0 aliphatic carbocycles. The molecule has 1 atom stereocenters. The Morgan fingerprint density at radius 2 is 2.17 bits per heavy atom. The first kappa shape index (κ1) is 15.2. The van der Waals surface area contributed by atoms with Crippen LogP contribution in [-0.2, 0) is 9.84 Å². The molecule has 0 saturated heterocycles. The average Bonchev–Trinajstić information content (AvgIpc) is 2.13. The monoisotopic (exact) mass is 306 g/mol. The molecular weight excluding hydrogens is 292 g/mol. The summed E-state index contributed by atoms with van der Waals surface area (Å²) in [5.41, 5.74) is 6.89. The smallest absolute Gasteiger partial charge is 0.149 e. The van der Waals surface area contributed by atoms with Crippen LogP contribution >= 0.6 is 23.8 Å². The molecule has 1 rings (SSSR count). The summed E-state index contributed by atoms with van der Waals surface area (Å²) in [7, 11) is -3.05. The van der Waals surface area contributed by atoms with Crippen molar-refractivity contribution in [3.63, 3.8) is 0 Å². The van der Waals surface area contributed by atoms with E-state index in [2.05, 4.69) is 5.32 Å². The summed E-state index contributed by atoms with van der Waals surface area (Å²) in [6.45, 7) is 1.77. The number of anilines is 1. The van der Waals surface area contributed by atoms with E-state index in [1.165, 1.54) is 6.26 Å². The van der Waals surface area contributed by atoms with Crippen LogP contribution in [0.5, 0.6) is 0 Å². The van der Waals surface area contributed by atoms with E-state index in [1.54, 1.807) is 25.1 Å². The Kier molecular flexibility index (Phi) is 4.95. The lowest BCUT2D eigenvalue weighted by Crippen LogP contribution is -2.26. The van der Waals surface area contributed by atoms with Crippen LogP contribution < -0.4 is 11.1 Å². The Balaban J connectivity index is 2.96. The average molecular weight is 307 g/mol. The number of halogens is 1. The van der Waals surface area contributed by atoms with Gasteiger partial charge in [0.15, 0.2) is 0 Å². The van der Waals surface area contributed by atoms with E-state index < -0.39 is 9.84 Å². The van der Waals surface area contributed by atoms with E-state index >= 15 is 0 Å². The van der Waals surface area contributed by atoms with E-state index in [-0.39, 0.29) is 16.8 Å². The molecule has 18 heavy (non-hydrogen) atoms. The van der Waals surface area contributed by atoms with Gasteiger partial charge in [-0.2, -0.15) is 0 Å². The van der Waals surface area contributed by atoms with Crippen molar-refractivity contribution in [1.82, 2.24) is 0 Å². The van der Waals surface area contributed by atoms with Crippen molar-refractivity contribution in [2.45, 2.75) is 13.0 Å². The molecule has 0 aliphatic heterocycles. The highest BCUT2D eigenvalue weighted by atomic mass is 35.5. The zero-order valence-corrected chi connectivity index (χ0v) is 12.5. The Hall–Kier alpha value is -0.850. The Bertz CT molecular complexity index is 558. The molecular formula is C11H15ClN2O2S2. The maximum absolute atomic E-state index is 11.2. The van der Waals surface area contributed by atoms with E-state index in [0.29, 0.717) is 16.3 Å². The van der Waals surface area contributed by atoms with Gasteiger partial charge in [0.1, 0.15) is 14.8 Å². The standard InChI is InChI=1S/C11H15ClN2O2S2/c1-7(6-18(2,15)16)14-10-5-8(12)3-4-9(10)11(13)17/h3-5,7,14H,6H2,1-2H3,(H2,13,17). The SMILES string of the molecule is CC(CS(C)(=O)=O)Nc1cc(Cl)ccc1C(N)=S. The van der Waals surface area contributed by atoms with Crippen LogP contribution in [0.1, 0.15) is 12.5 Å². The van der Waals surface area contributed by atoms with Gasteiger partial charge in [-0.15, -0.1) is 0 Å². The minimum absolute atomic E-state index is 0.0241. The molecule has 3 N–H and O–H groups in total. The van der Waals surface area contributed by atoms with Gasteiger partial charge >= 0.3 is 0 Å². The highest BCUT2D eigenvalue weighted by molar-refractivity contribution is 7.90. The number of thiocarbonyl (C=S) groups is 1. The maximum Gasteiger partial charge on any atom is 0.149 e. The molecule has 4 nitrogen and oxygen atoms in total. The molecule has 0 radical (unpaired) electrons. The Morgan fingerprint density at radius 3 is 2.67 bits per heavy atom. The lowest BCUT2D eigenvalue weighted by Gasteiger charge is -2.17. The summed E-state index contributed by atoms with van der Waals surface area (Å²) in [4.78, 5) is 0.237. The first-order chi connectivity index (χ1) is 8.19. The molecule has 100 valence electrons. The van der Waals surface area contributed by atoms with Gasteiger partial charge in [-0.25, -0.2) is 8.42 Å². The predicted octanol–water partition coefficient (Wildman–Crippen LogP) is 1.82. The molecule has 1 aromatic carbocycles. The Morgan fingerprint density at radius 1 is 1.56 bits per heavy atom. The Labute approximate surface area is 117 Å². The van der Waals surface area contributed by atoms with Crippen molar-refractivity contribution < 1.29 is 8.42 Å². The number of nitrogens with one attached hydrogen (secondary N) is 1. The van der Waals surface area contributed by atoms with Crippen molar-refractivity contribution in [3.05, 3.63) is 28.8 Å². The van der Waals surface area contributed by atoms with Crippen molar-refractivity contribution in [3.8, 4) is 0 Å². The number of rotatable bonds is 5. The van der Waals surface area contributed by atoms with Gasteiger partial charge in [-0.3, -0.25) is 0 Å². The van der Waals surface area contributed by atoms with Crippen LogP contribution in [0.15, 0.2) is 18.2 Å². The van der Waals surface area contributed by atoms with Crippen molar-refractivity contribution in [1.29, 1.82) is 0 Å². The fourth-order valence-electron chi connectivity index (χ4n) is 1.61. The molecule has 0 heterocycles. The van der Waals surface area contributed by atoms with E-state index in [0.717, 1.165) is 0 Å². The van der Waals surface area contributed by atoms with Crippen molar-refractivity contribution in [2.24, 2.45) is 5.73 Å². The second-order valence-electron chi connectivity index (χ2n) is 4.19. The van der Waals surface area contributed by atoms with Gasteiger partial charge in [-0.1, -0.05) is 23.8 Å². The molecule has 7 heteroatoms. The van der Waals surface area contributed by atoms with Crippen molar-refractivity contribution >= 4 is 44.3 Å². The third-order valence-electron chi connectivity index (χ3n) is 2.20. The van der Waals surface area contributed by atoms with Gasteiger partial charge in [0.2, 0.25) is 0 Å². The van der Waals surface area contributed by atoms with Gasteiger partial charge in [0.25, 0.3) is 0 Å². The van der Waals surface area contributed by atoms with Gasteiger partial charge in [-0.05, 0) is 25.1 Å². The zero-order chi connectivity index (χ0) is 13.9. The zero-order valence-electron chi connectivity index (χ0n) is 10.1. The third-order valence-corrected chi connectivity index (χ3v) is 3.76. The summed E-state index contributed by atoms with van der Waals surface area (Å²) in [6.07, 6.45) is 1.19. The summed E-state index contributed by atoms with van der Waals surface area (Å²) in [6, 6.07) is 4.81. The molecule has 1 aromatic rings. The topological polar surface area (TPSA) is 72.2 Å². The molecule has 0 amide bonds. The third kappa shape index (κ3) is 4.80. The normalized spacial score (nSPS) is 13.1. The van der Waals surface area contributed by atoms with Gasteiger partial charge < -0.3 is 11.1 Å². The molecule has 0 saturated carbocycles. The van der Waals surface area contributed by atoms with Crippen molar-refractivity contribution in [2.75, 3.05) is 17.3 Å². The minimum Gasteiger partial charge on any atom is -0.389 e. The summed E-state index contributed by atoms with van der Waals surface area (Å²) in [5.74, 6) is 0.0241. The van der Waals surface area contributed by atoms with Gasteiger partial charge in [0.05, 0.1) is 5.75 Å². The van der Waals surface area contributed by atoms with Crippen LogP contribution in [0.25, 0.3) is 0 Å². The largest absolute Gasteiger partial charge is 0.389 e. The predicted molar refractivity (Wildman–Crippen MR) is 80.1 cm³/mol. The highest BCUT2D eigenvalue weighted by Gasteiger charge is 2.13. The second-order valence-corrected chi connectivity index (χ2v) is 7.25. The number of benzene rings is 1. The fraction of sp³-hybridized carbons (Fsp3) is 0.364.